The summed E-state index contributed by atoms with van der Waals surface area (Å²) in [6, 6.07) is 2.37. The number of aliphatic hydroxyl groups excluding tert-OH is 2. The van der Waals surface area contributed by atoms with Gasteiger partial charge in [0, 0.05) is 5.56 Å². The Hall–Kier alpha value is -2.04. The van der Waals surface area contributed by atoms with Gasteiger partial charge in [0.2, 0.25) is 0 Å². The molecular formula is C10H7F2NO4. The fourth-order valence-corrected chi connectivity index (χ4v) is 1.18. The number of benzene rings is 1. The van der Waals surface area contributed by atoms with E-state index in [1.54, 1.807) is 0 Å². The van der Waals surface area contributed by atoms with E-state index in [1.165, 1.54) is 6.07 Å². The maximum atomic E-state index is 13.3. The molecule has 17 heavy (non-hydrogen) atoms. The van der Waals surface area contributed by atoms with Gasteiger partial charge in [-0.3, -0.25) is 0 Å². The Labute approximate surface area is 94.2 Å². The fourth-order valence-electron chi connectivity index (χ4n) is 1.18. The van der Waals surface area contributed by atoms with Gasteiger partial charge in [0.1, 0.15) is 23.8 Å². The van der Waals surface area contributed by atoms with E-state index in [1.807, 2.05) is 0 Å². The number of aliphatic hydroxyl groups is 2. The van der Waals surface area contributed by atoms with Crippen LogP contribution in [0.15, 0.2) is 12.1 Å². The molecule has 0 saturated carbocycles. The normalized spacial score (nSPS) is 13.8. The second-order valence-electron chi connectivity index (χ2n) is 3.19. The Balaban J connectivity index is 3.20. The molecule has 0 fully saturated rings. The van der Waals surface area contributed by atoms with E-state index in [-0.39, 0.29) is 0 Å². The predicted molar refractivity (Wildman–Crippen MR) is 49.7 cm³/mol. The van der Waals surface area contributed by atoms with Gasteiger partial charge in [-0.1, -0.05) is 0 Å². The molecule has 0 saturated heterocycles. The van der Waals surface area contributed by atoms with Gasteiger partial charge in [-0.15, -0.1) is 0 Å². The van der Waals surface area contributed by atoms with Crippen LogP contribution in [0.4, 0.5) is 8.78 Å². The monoisotopic (exact) mass is 243 g/mol. The van der Waals surface area contributed by atoms with Crippen molar-refractivity contribution in [2.24, 2.45) is 0 Å². The van der Waals surface area contributed by atoms with Crippen LogP contribution in [0.25, 0.3) is 0 Å². The zero-order chi connectivity index (χ0) is 13.2. The maximum absolute atomic E-state index is 13.3. The zero-order valence-corrected chi connectivity index (χ0v) is 8.26. The summed E-state index contributed by atoms with van der Waals surface area (Å²) in [5.41, 5.74) is -1.31. The average Bonchev–Trinajstić information content (AvgIpc) is 2.29. The Morgan fingerprint density at radius 3 is 2.35 bits per heavy atom. The number of carbonyl (C=O) groups is 1. The molecule has 0 bridgehead atoms. The first-order valence-electron chi connectivity index (χ1n) is 4.36. The minimum Gasteiger partial charge on any atom is -0.479 e. The lowest BCUT2D eigenvalue weighted by atomic mass is 10.0. The highest BCUT2D eigenvalue weighted by Gasteiger charge is 2.28. The third kappa shape index (κ3) is 2.55. The lowest BCUT2D eigenvalue weighted by molar-refractivity contribution is -0.153. The summed E-state index contributed by atoms with van der Waals surface area (Å²) in [5, 5.41) is 35.1. The van der Waals surface area contributed by atoms with Crippen LogP contribution in [-0.4, -0.2) is 27.4 Å². The SMILES string of the molecule is N#Cc1cc(F)c(C(O)C(O)C(=O)O)cc1F. The third-order valence-corrected chi connectivity index (χ3v) is 2.08. The molecule has 1 rings (SSSR count). The van der Waals surface area contributed by atoms with Crippen molar-refractivity contribution in [1.82, 2.24) is 0 Å². The fraction of sp³-hybridized carbons (Fsp3) is 0.200. The Bertz CT molecular complexity index is 498. The van der Waals surface area contributed by atoms with Crippen molar-refractivity contribution >= 4 is 5.97 Å². The average molecular weight is 243 g/mol. The van der Waals surface area contributed by atoms with Crippen molar-refractivity contribution in [2.45, 2.75) is 12.2 Å². The van der Waals surface area contributed by atoms with Crippen LogP contribution in [0.1, 0.15) is 17.2 Å². The molecule has 0 radical (unpaired) electrons. The van der Waals surface area contributed by atoms with Gasteiger partial charge >= 0.3 is 5.97 Å². The lowest BCUT2D eigenvalue weighted by Crippen LogP contribution is -2.28. The molecule has 7 heteroatoms. The van der Waals surface area contributed by atoms with Gasteiger partial charge in [-0.25, -0.2) is 13.6 Å². The molecule has 0 spiro atoms. The number of hydrogen-bond donors (Lipinski definition) is 3. The molecule has 0 amide bonds. The molecule has 0 aliphatic carbocycles. The molecular weight excluding hydrogens is 236 g/mol. The molecule has 2 atom stereocenters. The summed E-state index contributed by atoms with van der Waals surface area (Å²) < 4.78 is 26.4. The first kappa shape index (κ1) is 13.0. The number of aliphatic carboxylic acids is 1. The highest BCUT2D eigenvalue weighted by molar-refractivity contribution is 5.73. The van der Waals surface area contributed by atoms with Crippen molar-refractivity contribution in [2.75, 3.05) is 0 Å². The number of hydrogen-bond acceptors (Lipinski definition) is 4. The molecule has 0 aromatic heterocycles. The van der Waals surface area contributed by atoms with Gasteiger partial charge < -0.3 is 15.3 Å². The van der Waals surface area contributed by atoms with Crippen molar-refractivity contribution in [3.8, 4) is 6.07 Å². The zero-order valence-electron chi connectivity index (χ0n) is 8.26. The number of rotatable bonds is 3. The molecule has 0 aliphatic heterocycles. The van der Waals surface area contributed by atoms with Crippen LogP contribution in [0.2, 0.25) is 0 Å². The first-order chi connectivity index (χ1) is 7.88. The molecule has 1 aromatic carbocycles. The Morgan fingerprint density at radius 1 is 1.29 bits per heavy atom. The van der Waals surface area contributed by atoms with E-state index < -0.39 is 40.9 Å². The topological polar surface area (TPSA) is 102 Å². The van der Waals surface area contributed by atoms with Gasteiger partial charge in [0.15, 0.2) is 6.10 Å². The maximum Gasteiger partial charge on any atom is 0.335 e. The lowest BCUT2D eigenvalue weighted by Gasteiger charge is -2.15. The van der Waals surface area contributed by atoms with E-state index in [2.05, 4.69) is 0 Å². The molecule has 5 nitrogen and oxygen atoms in total. The van der Waals surface area contributed by atoms with E-state index in [4.69, 9.17) is 15.5 Å². The largest absolute Gasteiger partial charge is 0.479 e. The first-order valence-corrected chi connectivity index (χ1v) is 4.36. The van der Waals surface area contributed by atoms with Gasteiger partial charge in [0.25, 0.3) is 0 Å². The Kier molecular flexibility index (Phi) is 3.73. The highest BCUT2D eigenvalue weighted by Crippen LogP contribution is 2.23. The van der Waals surface area contributed by atoms with E-state index >= 15 is 0 Å². The number of carboxylic acid groups (broad SMARTS) is 1. The van der Waals surface area contributed by atoms with E-state index in [0.717, 1.165) is 0 Å². The summed E-state index contributed by atoms with van der Waals surface area (Å²) in [4.78, 5) is 10.4. The molecule has 1 aromatic rings. The summed E-state index contributed by atoms with van der Waals surface area (Å²) in [6.45, 7) is 0. The molecule has 3 N–H and O–H groups in total. The quantitative estimate of drug-likeness (QED) is 0.709. The van der Waals surface area contributed by atoms with E-state index in [0.29, 0.717) is 12.1 Å². The number of nitrogens with zero attached hydrogens (tertiary/aromatic N) is 1. The molecule has 0 aliphatic rings. The second-order valence-corrected chi connectivity index (χ2v) is 3.19. The van der Waals surface area contributed by atoms with Crippen molar-refractivity contribution < 1.29 is 28.9 Å². The smallest absolute Gasteiger partial charge is 0.335 e. The van der Waals surface area contributed by atoms with Crippen molar-refractivity contribution in [3.63, 3.8) is 0 Å². The van der Waals surface area contributed by atoms with E-state index in [9.17, 15) is 18.7 Å². The van der Waals surface area contributed by atoms with Crippen molar-refractivity contribution in [3.05, 3.63) is 34.9 Å². The summed E-state index contributed by atoms with van der Waals surface area (Å²) in [5.74, 6) is -4.06. The molecule has 0 heterocycles. The minimum atomic E-state index is -2.28. The van der Waals surface area contributed by atoms with Crippen LogP contribution in [0.5, 0.6) is 0 Å². The summed E-state index contributed by atoms with van der Waals surface area (Å²) >= 11 is 0. The van der Waals surface area contributed by atoms with Gasteiger partial charge in [-0.2, -0.15) is 5.26 Å². The van der Waals surface area contributed by atoms with Crippen molar-refractivity contribution in [1.29, 1.82) is 5.26 Å². The minimum absolute atomic E-state index is 0.477. The number of nitriles is 1. The van der Waals surface area contributed by atoms with Gasteiger partial charge in [0.05, 0.1) is 5.56 Å². The number of halogens is 2. The third-order valence-electron chi connectivity index (χ3n) is 2.08. The second kappa shape index (κ2) is 4.86. The predicted octanol–water partition coefficient (Wildman–Crippen LogP) is 0.315. The molecule has 90 valence electrons. The molecule has 2 unspecified atom stereocenters. The Morgan fingerprint density at radius 2 is 1.88 bits per heavy atom. The van der Waals surface area contributed by atoms with Crippen LogP contribution in [0, 0.1) is 23.0 Å². The van der Waals surface area contributed by atoms with Crippen LogP contribution in [0.3, 0.4) is 0 Å². The van der Waals surface area contributed by atoms with Crippen LogP contribution >= 0.6 is 0 Å². The van der Waals surface area contributed by atoms with Gasteiger partial charge in [-0.05, 0) is 12.1 Å². The van der Waals surface area contributed by atoms with Crippen LogP contribution < -0.4 is 0 Å². The van der Waals surface area contributed by atoms with Crippen LogP contribution in [-0.2, 0) is 4.79 Å². The summed E-state index contributed by atoms with van der Waals surface area (Å²) in [6.07, 6.45) is -4.40. The summed E-state index contributed by atoms with van der Waals surface area (Å²) in [7, 11) is 0. The number of carboxylic acids is 1. The highest BCUT2D eigenvalue weighted by atomic mass is 19.1. The standard InChI is InChI=1S/C10H7F2NO4/c11-6-2-5(7(12)1-4(6)3-13)8(14)9(15)10(16)17/h1-2,8-9,14-15H,(H,16,17).